The quantitative estimate of drug-likeness (QED) is 0.329. The van der Waals surface area contributed by atoms with Gasteiger partial charge in [0, 0.05) is 0 Å². The van der Waals surface area contributed by atoms with Crippen molar-refractivity contribution in [1.29, 1.82) is 0 Å². The van der Waals surface area contributed by atoms with E-state index in [1.165, 1.54) is 6.42 Å². The van der Waals surface area contributed by atoms with E-state index in [9.17, 15) is 19.8 Å². The Balaban J connectivity index is 3.38. The molecule has 0 saturated carbocycles. The van der Waals surface area contributed by atoms with Gasteiger partial charge in [0.05, 0.1) is 11.1 Å². The Bertz CT molecular complexity index is 639. The molecule has 0 bridgehead atoms. The Kier molecular flexibility index (Phi) is 11.6. The Morgan fingerprint density at radius 3 is 1.86 bits per heavy atom. The van der Waals surface area contributed by atoms with Crippen molar-refractivity contribution in [1.82, 2.24) is 0 Å². The summed E-state index contributed by atoms with van der Waals surface area (Å²) in [5.74, 6) is -1.37. The number of carbonyl (C=O) groups is 2. The van der Waals surface area contributed by atoms with Crippen LogP contribution in [-0.2, 0) is 9.59 Å². The maximum atomic E-state index is 12.2. The number of carboxylic acids is 2. The van der Waals surface area contributed by atoms with Crippen LogP contribution in [0.4, 0.5) is 0 Å². The van der Waals surface area contributed by atoms with Crippen molar-refractivity contribution in [3.05, 3.63) is 34.4 Å². The lowest BCUT2D eigenvalue weighted by Gasteiger charge is -2.24. The first-order chi connectivity index (χ1) is 13.9. The summed E-state index contributed by atoms with van der Waals surface area (Å²) in [7, 11) is 0. The summed E-state index contributed by atoms with van der Waals surface area (Å²) in [6, 6.07) is 0. The molecule has 0 aromatic rings. The number of unbranched alkanes of at least 4 members (excludes halogenated alkanes) is 2. The van der Waals surface area contributed by atoms with Crippen molar-refractivity contribution >= 4 is 11.9 Å². The molecule has 4 heteroatoms. The molecule has 29 heavy (non-hydrogen) atoms. The van der Waals surface area contributed by atoms with Crippen molar-refractivity contribution in [3.8, 4) is 0 Å². The summed E-state index contributed by atoms with van der Waals surface area (Å²) in [6.45, 7) is 8.69. The highest BCUT2D eigenvalue weighted by Crippen LogP contribution is 2.37. The fourth-order valence-corrected chi connectivity index (χ4v) is 4.23. The lowest BCUT2D eigenvalue weighted by Crippen LogP contribution is -2.16. The molecule has 2 atom stereocenters. The van der Waals surface area contributed by atoms with Gasteiger partial charge in [-0.3, -0.25) is 0 Å². The van der Waals surface area contributed by atoms with E-state index in [1.54, 1.807) is 6.08 Å². The van der Waals surface area contributed by atoms with Gasteiger partial charge in [-0.05, 0) is 42.2 Å². The molecule has 0 aliphatic heterocycles. The first-order valence-electron chi connectivity index (χ1n) is 11.5. The highest BCUT2D eigenvalue weighted by molar-refractivity contribution is 6.06. The minimum Gasteiger partial charge on any atom is -0.478 e. The van der Waals surface area contributed by atoms with Gasteiger partial charge in [-0.25, -0.2) is 9.59 Å². The number of hydrogen-bond donors (Lipinski definition) is 2. The van der Waals surface area contributed by atoms with Crippen LogP contribution < -0.4 is 0 Å². The van der Waals surface area contributed by atoms with Gasteiger partial charge in [0.1, 0.15) is 0 Å². The second-order valence-corrected chi connectivity index (χ2v) is 8.29. The van der Waals surface area contributed by atoms with E-state index in [-0.39, 0.29) is 11.1 Å². The van der Waals surface area contributed by atoms with Crippen LogP contribution in [-0.4, -0.2) is 22.2 Å². The minimum atomic E-state index is -1.14. The molecule has 0 aromatic carbocycles. The fourth-order valence-electron chi connectivity index (χ4n) is 4.23. The van der Waals surface area contributed by atoms with E-state index in [0.29, 0.717) is 24.7 Å². The lowest BCUT2D eigenvalue weighted by atomic mass is 9.81. The molecule has 1 aliphatic carbocycles. The molecular formula is C25H40O4. The fraction of sp³-hybridized carbons (Fsp3) is 0.680. The van der Waals surface area contributed by atoms with Gasteiger partial charge < -0.3 is 10.2 Å². The smallest absolute Gasteiger partial charge is 0.336 e. The summed E-state index contributed by atoms with van der Waals surface area (Å²) in [5, 5.41) is 19.7. The van der Waals surface area contributed by atoms with Crippen molar-refractivity contribution in [2.75, 3.05) is 0 Å². The Morgan fingerprint density at radius 2 is 1.41 bits per heavy atom. The Morgan fingerprint density at radius 1 is 0.862 bits per heavy atom. The van der Waals surface area contributed by atoms with Crippen LogP contribution in [0.15, 0.2) is 34.4 Å². The van der Waals surface area contributed by atoms with Crippen molar-refractivity contribution in [2.24, 2.45) is 11.8 Å². The van der Waals surface area contributed by atoms with Crippen molar-refractivity contribution in [2.45, 2.75) is 98.3 Å². The molecule has 2 N–H and O–H groups in total. The van der Waals surface area contributed by atoms with Gasteiger partial charge >= 0.3 is 11.9 Å². The highest BCUT2D eigenvalue weighted by atomic mass is 16.4. The first kappa shape index (κ1) is 25.2. The van der Waals surface area contributed by atoms with E-state index >= 15 is 0 Å². The summed E-state index contributed by atoms with van der Waals surface area (Å²) >= 11 is 0. The SMILES string of the molecule is CCCCC(CC)CC1=CCC=C(C(=O)O)C(C(=O)O)=C1CC(CC)CCCC. The van der Waals surface area contributed by atoms with Crippen molar-refractivity contribution in [3.63, 3.8) is 0 Å². The molecule has 1 rings (SSSR count). The number of hydrogen-bond acceptors (Lipinski definition) is 2. The molecule has 0 fully saturated rings. The van der Waals surface area contributed by atoms with E-state index in [1.807, 2.05) is 0 Å². The van der Waals surface area contributed by atoms with E-state index < -0.39 is 11.9 Å². The standard InChI is InChI=1S/C25H40O4/c1-5-9-12-18(7-3)16-20-14-11-15-21(24(26)27)23(25(28)29)22(20)17-19(8-4)13-10-6-2/h14-15,18-19H,5-13,16-17H2,1-4H3,(H,26,27)(H,28,29). The molecule has 0 spiro atoms. The second kappa shape index (κ2) is 13.4. The zero-order chi connectivity index (χ0) is 21.8. The van der Waals surface area contributed by atoms with Crippen LogP contribution >= 0.6 is 0 Å². The third kappa shape index (κ3) is 7.83. The molecule has 0 amide bonds. The van der Waals surface area contributed by atoms with E-state index in [2.05, 4.69) is 33.8 Å². The maximum absolute atomic E-state index is 12.2. The zero-order valence-electron chi connectivity index (χ0n) is 18.8. The van der Waals surface area contributed by atoms with Crippen molar-refractivity contribution < 1.29 is 19.8 Å². The largest absolute Gasteiger partial charge is 0.478 e. The number of aliphatic carboxylic acids is 2. The van der Waals surface area contributed by atoms with Gasteiger partial charge in [-0.1, -0.05) is 91.2 Å². The average molecular weight is 405 g/mol. The molecule has 1 aliphatic rings. The molecule has 4 nitrogen and oxygen atoms in total. The minimum absolute atomic E-state index is 0.0153. The topological polar surface area (TPSA) is 74.6 Å². The van der Waals surface area contributed by atoms with Crippen LogP contribution in [0.25, 0.3) is 0 Å². The van der Waals surface area contributed by atoms with Gasteiger partial charge in [-0.2, -0.15) is 0 Å². The summed E-state index contributed by atoms with van der Waals surface area (Å²) < 4.78 is 0. The maximum Gasteiger partial charge on any atom is 0.336 e. The Hall–Kier alpha value is -1.84. The molecule has 0 radical (unpaired) electrons. The number of allylic oxidation sites excluding steroid dienone is 4. The predicted octanol–water partition coefficient (Wildman–Crippen LogP) is 6.92. The third-order valence-electron chi connectivity index (χ3n) is 6.18. The van der Waals surface area contributed by atoms with E-state index in [4.69, 9.17) is 0 Å². The molecule has 0 heterocycles. The molecule has 2 unspecified atom stereocenters. The number of carboxylic acid groups (broad SMARTS) is 2. The van der Waals surface area contributed by atoms with Gasteiger partial charge in [0.2, 0.25) is 0 Å². The predicted molar refractivity (Wildman–Crippen MR) is 119 cm³/mol. The van der Waals surface area contributed by atoms with Crippen LogP contribution in [0.5, 0.6) is 0 Å². The summed E-state index contributed by atoms with van der Waals surface area (Å²) in [5.41, 5.74) is 1.79. The third-order valence-corrected chi connectivity index (χ3v) is 6.18. The van der Waals surface area contributed by atoms with Crippen LogP contribution in [0.3, 0.4) is 0 Å². The molecule has 164 valence electrons. The normalized spacial score (nSPS) is 16.7. The van der Waals surface area contributed by atoms with Gasteiger partial charge in [0.25, 0.3) is 0 Å². The summed E-state index contributed by atoms with van der Waals surface area (Å²) in [4.78, 5) is 24.0. The highest BCUT2D eigenvalue weighted by Gasteiger charge is 2.29. The lowest BCUT2D eigenvalue weighted by molar-refractivity contribution is -0.136. The van der Waals surface area contributed by atoms with Crippen LogP contribution in [0.1, 0.15) is 98.3 Å². The summed E-state index contributed by atoms with van der Waals surface area (Å²) in [6.07, 6.45) is 14.4. The van der Waals surface area contributed by atoms with Crippen LogP contribution in [0, 0.1) is 11.8 Å². The molecule has 0 aromatic heterocycles. The molecular weight excluding hydrogens is 364 g/mol. The molecule has 0 saturated heterocycles. The Labute approximate surface area is 176 Å². The van der Waals surface area contributed by atoms with Gasteiger partial charge in [0.15, 0.2) is 0 Å². The zero-order valence-corrected chi connectivity index (χ0v) is 18.8. The van der Waals surface area contributed by atoms with Gasteiger partial charge in [-0.15, -0.1) is 0 Å². The monoisotopic (exact) mass is 404 g/mol. The van der Waals surface area contributed by atoms with E-state index in [0.717, 1.165) is 62.5 Å². The van der Waals surface area contributed by atoms with Crippen LogP contribution in [0.2, 0.25) is 0 Å². The first-order valence-corrected chi connectivity index (χ1v) is 11.5. The number of rotatable bonds is 14. The average Bonchev–Trinajstić information content (AvgIpc) is 2.87. The second-order valence-electron chi connectivity index (χ2n) is 8.29.